The second-order valence-corrected chi connectivity index (χ2v) is 7.25. The molecule has 30 heavy (non-hydrogen) atoms. The van der Waals surface area contributed by atoms with Crippen LogP contribution in [0.4, 0.5) is 11.4 Å². The van der Waals surface area contributed by atoms with E-state index in [4.69, 9.17) is 9.47 Å². The van der Waals surface area contributed by atoms with Crippen LogP contribution in [-0.2, 0) is 10.0 Å². The Morgan fingerprint density at radius 1 is 1.03 bits per heavy atom. The summed E-state index contributed by atoms with van der Waals surface area (Å²) in [5.41, 5.74) is -0.611. The fourth-order valence-corrected chi connectivity index (χ4v) is 3.17. The third-order valence-corrected chi connectivity index (χ3v) is 4.82. The molecule has 0 saturated carbocycles. The van der Waals surface area contributed by atoms with Crippen LogP contribution < -0.4 is 14.3 Å². The van der Waals surface area contributed by atoms with Crippen molar-refractivity contribution in [2.45, 2.75) is 18.7 Å². The number of nitrogens with zero attached hydrogens (tertiary/aromatic N) is 3. The Labute approximate surface area is 171 Å². The van der Waals surface area contributed by atoms with Crippen molar-refractivity contribution in [3.05, 3.63) is 62.2 Å². The molecule has 0 aromatic heterocycles. The van der Waals surface area contributed by atoms with E-state index in [0.717, 1.165) is 30.5 Å². The van der Waals surface area contributed by atoms with Gasteiger partial charge in [-0.05, 0) is 19.9 Å². The molecular weight excluding hydrogens is 420 g/mol. The van der Waals surface area contributed by atoms with Crippen LogP contribution in [-0.4, -0.2) is 37.7 Å². The molecule has 0 unspecified atom stereocenters. The zero-order chi connectivity index (χ0) is 22.3. The normalized spacial score (nSPS) is 11.3. The lowest BCUT2D eigenvalue weighted by Crippen LogP contribution is -2.18. The van der Waals surface area contributed by atoms with E-state index in [-0.39, 0.29) is 40.9 Å². The van der Waals surface area contributed by atoms with Crippen molar-refractivity contribution in [1.29, 1.82) is 0 Å². The number of non-ortho nitro benzene ring substituents is 1. The molecule has 2 aromatic carbocycles. The molecule has 0 atom stereocenters. The molecule has 0 radical (unpaired) electrons. The van der Waals surface area contributed by atoms with Gasteiger partial charge in [0.1, 0.15) is 5.75 Å². The minimum Gasteiger partial charge on any atom is -0.493 e. The van der Waals surface area contributed by atoms with Crippen LogP contribution in [0.25, 0.3) is 0 Å². The molecule has 0 fully saturated rings. The number of ether oxygens (including phenoxy) is 2. The lowest BCUT2D eigenvalue weighted by Gasteiger charge is -2.11. The summed E-state index contributed by atoms with van der Waals surface area (Å²) in [4.78, 5) is 22.3. The largest absolute Gasteiger partial charge is 0.493 e. The van der Waals surface area contributed by atoms with Crippen LogP contribution in [0.5, 0.6) is 11.5 Å². The smallest absolute Gasteiger partial charge is 0.311 e. The minimum absolute atomic E-state index is 0.000255. The van der Waals surface area contributed by atoms with E-state index in [1.54, 1.807) is 13.8 Å². The van der Waals surface area contributed by atoms with E-state index in [1.165, 1.54) is 12.1 Å². The van der Waals surface area contributed by atoms with Gasteiger partial charge in [0.05, 0.1) is 34.2 Å². The first-order chi connectivity index (χ1) is 14.2. The van der Waals surface area contributed by atoms with Gasteiger partial charge in [-0.1, -0.05) is 6.07 Å². The van der Waals surface area contributed by atoms with Crippen LogP contribution in [0.1, 0.15) is 19.4 Å². The Hall–Kier alpha value is -3.74. The van der Waals surface area contributed by atoms with Gasteiger partial charge < -0.3 is 9.47 Å². The maximum atomic E-state index is 12.3. The predicted octanol–water partition coefficient (Wildman–Crippen LogP) is 2.61. The highest BCUT2D eigenvalue weighted by atomic mass is 32.2. The average Bonchev–Trinajstić information content (AvgIpc) is 2.69. The van der Waals surface area contributed by atoms with E-state index in [1.807, 2.05) is 4.83 Å². The summed E-state index contributed by atoms with van der Waals surface area (Å²) in [6.07, 6.45) is 1.03. The molecule has 13 heteroatoms. The molecule has 0 heterocycles. The zero-order valence-electron chi connectivity index (χ0n) is 16.0. The molecule has 160 valence electrons. The molecule has 0 bridgehead atoms. The summed E-state index contributed by atoms with van der Waals surface area (Å²) in [6.45, 7) is 3.81. The Morgan fingerprint density at radius 3 is 2.30 bits per heavy atom. The van der Waals surface area contributed by atoms with Gasteiger partial charge in [-0.3, -0.25) is 20.2 Å². The molecule has 0 aliphatic heterocycles. The predicted molar refractivity (Wildman–Crippen MR) is 106 cm³/mol. The number of hydrogen-bond acceptors (Lipinski definition) is 9. The van der Waals surface area contributed by atoms with Gasteiger partial charge in [-0.2, -0.15) is 13.5 Å². The summed E-state index contributed by atoms with van der Waals surface area (Å²) in [5.74, 6) is 0.199. The first-order valence-electron chi connectivity index (χ1n) is 8.57. The highest BCUT2D eigenvalue weighted by Gasteiger charge is 2.20. The number of nitro groups is 2. The number of nitrogens with one attached hydrogen (secondary N) is 1. The third kappa shape index (κ3) is 5.41. The minimum atomic E-state index is -4.21. The standard InChI is InChI=1S/C17H18N4O8S/c1-3-28-16-10-17(29-4-2)15(21(24)25)8-12(16)11-18-19-30(26,27)14-7-5-6-13(9-14)20(22)23/h5-11,19H,3-4H2,1-2H3/b18-11+. The van der Waals surface area contributed by atoms with E-state index < -0.39 is 25.6 Å². The van der Waals surface area contributed by atoms with Crippen molar-refractivity contribution < 1.29 is 27.7 Å². The molecular formula is C17H18N4O8S. The molecule has 1 N–H and O–H groups in total. The first-order valence-corrected chi connectivity index (χ1v) is 10.0. The average molecular weight is 438 g/mol. The van der Waals surface area contributed by atoms with Crippen LogP contribution in [0.2, 0.25) is 0 Å². The van der Waals surface area contributed by atoms with Gasteiger partial charge >= 0.3 is 5.69 Å². The molecule has 2 rings (SSSR count). The van der Waals surface area contributed by atoms with Gasteiger partial charge in [0.15, 0.2) is 0 Å². The highest BCUT2D eigenvalue weighted by molar-refractivity contribution is 7.89. The van der Waals surface area contributed by atoms with Crippen molar-refractivity contribution in [1.82, 2.24) is 4.83 Å². The van der Waals surface area contributed by atoms with Gasteiger partial charge in [0, 0.05) is 29.8 Å². The van der Waals surface area contributed by atoms with Crippen LogP contribution >= 0.6 is 0 Å². The number of rotatable bonds is 10. The topological polar surface area (TPSA) is 163 Å². The van der Waals surface area contributed by atoms with Crippen molar-refractivity contribution in [2.75, 3.05) is 13.2 Å². The molecule has 2 aromatic rings. The second kappa shape index (κ2) is 9.65. The number of hydrazone groups is 1. The van der Waals surface area contributed by atoms with Gasteiger partial charge in [-0.25, -0.2) is 4.83 Å². The fourth-order valence-electron chi connectivity index (χ4n) is 2.34. The molecule has 0 spiro atoms. The number of benzene rings is 2. The van der Waals surface area contributed by atoms with Gasteiger partial charge in [0.2, 0.25) is 5.75 Å². The van der Waals surface area contributed by atoms with Crippen molar-refractivity contribution in [2.24, 2.45) is 5.10 Å². The molecule has 0 aliphatic carbocycles. The summed E-state index contributed by atoms with van der Waals surface area (Å²) in [5, 5.41) is 25.7. The Kier molecular flexibility index (Phi) is 7.25. The summed E-state index contributed by atoms with van der Waals surface area (Å²) >= 11 is 0. The lowest BCUT2D eigenvalue weighted by atomic mass is 10.1. The Bertz CT molecular complexity index is 1090. The van der Waals surface area contributed by atoms with E-state index >= 15 is 0 Å². The quantitative estimate of drug-likeness (QED) is 0.336. The van der Waals surface area contributed by atoms with Crippen molar-refractivity contribution >= 4 is 27.6 Å². The lowest BCUT2D eigenvalue weighted by molar-refractivity contribution is -0.385. The number of hydrogen-bond donors (Lipinski definition) is 1. The Balaban J connectivity index is 2.36. The summed E-state index contributed by atoms with van der Waals surface area (Å²) in [6, 6.07) is 6.88. The van der Waals surface area contributed by atoms with Crippen LogP contribution in [0.15, 0.2) is 46.4 Å². The fraction of sp³-hybridized carbons (Fsp3) is 0.235. The van der Waals surface area contributed by atoms with Crippen LogP contribution in [0.3, 0.4) is 0 Å². The van der Waals surface area contributed by atoms with Gasteiger partial charge in [0.25, 0.3) is 15.7 Å². The van der Waals surface area contributed by atoms with Gasteiger partial charge in [-0.15, -0.1) is 0 Å². The molecule has 0 amide bonds. The summed E-state index contributed by atoms with van der Waals surface area (Å²) < 4.78 is 35.3. The summed E-state index contributed by atoms with van der Waals surface area (Å²) in [7, 11) is -4.21. The van der Waals surface area contributed by atoms with Crippen molar-refractivity contribution in [3.8, 4) is 11.5 Å². The van der Waals surface area contributed by atoms with Crippen molar-refractivity contribution in [3.63, 3.8) is 0 Å². The third-order valence-electron chi connectivity index (χ3n) is 3.60. The highest BCUT2D eigenvalue weighted by Crippen LogP contribution is 2.34. The van der Waals surface area contributed by atoms with Crippen LogP contribution in [0, 0.1) is 20.2 Å². The van der Waals surface area contributed by atoms with E-state index in [9.17, 15) is 28.6 Å². The maximum absolute atomic E-state index is 12.3. The van der Waals surface area contributed by atoms with E-state index in [2.05, 4.69) is 5.10 Å². The van der Waals surface area contributed by atoms with E-state index in [0.29, 0.717) is 0 Å². The zero-order valence-corrected chi connectivity index (χ0v) is 16.8. The SMILES string of the molecule is CCOc1cc(OCC)c([N+](=O)[O-])cc1/C=N/NS(=O)(=O)c1cccc([N+](=O)[O-])c1. The maximum Gasteiger partial charge on any atom is 0.311 e. The molecule has 0 saturated heterocycles. The monoisotopic (exact) mass is 438 g/mol. The Morgan fingerprint density at radius 2 is 1.70 bits per heavy atom. The molecule has 0 aliphatic rings. The first kappa shape index (κ1) is 22.5. The molecule has 12 nitrogen and oxygen atoms in total. The number of nitro benzene ring substituents is 2. The number of sulfonamides is 1. The second-order valence-electron chi connectivity index (χ2n) is 5.59.